The van der Waals surface area contributed by atoms with Crippen LogP contribution in [0.15, 0.2) is 36.7 Å². The molecular formula is C24H23ClFN5O3. The van der Waals surface area contributed by atoms with E-state index in [1.165, 1.54) is 23.1 Å². The maximum Gasteiger partial charge on any atom is 0.312 e. The molecule has 2 bridgehead atoms. The molecule has 1 atom stereocenters. The molecule has 8 nitrogen and oxygen atoms in total. The van der Waals surface area contributed by atoms with Gasteiger partial charge in [0.1, 0.15) is 11.8 Å². The van der Waals surface area contributed by atoms with E-state index >= 15 is 0 Å². The van der Waals surface area contributed by atoms with E-state index in [1.807, 2.05) is 0 Å². The predicted molar refractivity (Wildman–Crippen MR) is 120 cm³/mol. The molecule has 0 radical (unpaired) electrons. The van der Waals surface area contributed by atoms with E-state index in [4.69, 9.17) is 16.3 Å². The highest BCUT2D eigenvalue weighted by Gasteiger charge is 2.67. The first-order valence-electron chi connectivity index (χ1n) is 11.0. The second-order valence-electron chi connectivity index (χ2n) is 9.41. The van der Waals surface area contributed by atoms with Gasteiger partial charge in [-0.3, -0.25) is 19.3 Å². The Bertz CT molecular complexity index is 1260. The number of aryl methyl sites for hydroxylation is 1. The van der Waals surface area contributed by atoms with E-state index < -0.39 is 18.0 Å². The highest BCUT2D eigenvalue weighted by Crippen LogP contribution is 2.72. The van der Waals surface area contributed by atoms with Gasteiger partial charge < -0.3 is 4.74 Å². The van der Waals surface area contributed by atoms with Crippen molar-refractivity contribution in [1.29, 1.82) is 0 Å². The van der Waals surface area contributed by atoms with Crippen molar-refractivity contribution < 1.29 is 18.7 Å². The Balaban J connectivity index is 1.26. The van der Waals surface area contributed by atoms with Gasteiger partial charge in [-0.2, -0.15) is 4.39 Å². The van der Waals surface area contributed by atoms with Crippen LogP contribution in [0.4, 0.5) is 4.39 Å². The molecule has 0 spiro atoms. The smallest absolute Gasteiger partial charge is 0.312 e. The van der Waals surface area contributed by atoms with Crippen LogP contribution in [0.5, 0.6) is 0 Å². The Morgan fingerprint density at radius 2 is 2.00 bits per heavy atom. The van der Waals surface area contributed by atoms with Gasteiger partial charge in [0.2, 0.25) is 5.95 Å². The number of hydrogen-bond acceptors (Lipinski definition) is 7. The zero-order valence-electron chi connectivity index (χ0n) is 18.8. The summed E-state index contributed by atoms with van der Waals surface area (Å²) < 4.78 is 20.7. The zero-order valence-corrected chi connectivity index (χ0v) is 19.5. The molecule has 0 aliphatic heterocycles. The number of Topliss-reactive ketones (excluding diaryl/α,β-unsaturated/α-hetero) is 1. The molecule has 34 heavy (non-hydrogen) atoms. The third-order valence-corrected chi connectivity index (χ3v) is 7.13. The molecule has 0 aromatic carbocycles. The fourth-order valence-electron chi connectivity index (χ4n) is 5.10. The molecule has 3 aliphatic carbocycles. The lowest BCUT2D eigenvalue weighted by atomic mass is 9.42. The fourth-order valence-corrected chi connectivity index (χ4v) is 5.96. The van der Waals surface area contributed by atoms with Crippen LogP contribution in [0.1, 0.15) is 60.3 Å². The van der Waals surface area contributed by atoms with Crippen molar-refractivity contribution in [3.63, 3.8) is 0 Å². The highest BCUT2D eigenvalue weighted by atomic mass is 35.5. The van der Waals surface area contributed by atoms with E-state index in [2.05, 4.69) is 20.3 Å². The molecule has 0 saturated heterocycles. The van der Waals surface area contributed by atoms with Crippen molar-refractivity contribution >= 4 is 23.4 Å². The molecule has 176 valence electrons. The van der Waals surface area contributed by atoms with Gasteiger partial charge in [-0.05, 0) is 55.9 Å². The van der Waals surface area contributed by atoms with E-state index in [-0.39, 0.29) is 28.1 Å². The van der Waals surface area contributed by atoms with Crippen LogP contribution in [-0.2, 0) is 23.0 Å². The SMILES string of the molecule is C[C@@H](OC(=O)Cc1c(-c2ccc(C(=O)CC34CC(Cl)(C3)C4)cn2)nnn1C)c1cccnc1F. The van der Waals surface area contributed by atoms with Crippen molar-refractivity contribution in [1.82, 2.24) is 25.0 Å². The lowest BCUT2D eigenvalue weighted by molar-refractivity contribution is -0.148. The molecule has 3 aromatic heterocycles. The summed E-state index contributed by atoms with van der Waals surface area (Å²) in [5.41, 5.74) is 2.21. The molecule has 0 N–H and O–H groups in total. The van der Waals surface area contributed by atoms with Gasteiger partial charge in [-0.15, -0.1) is 16.7 Å². The van der Waals surface area contributed by atoms with Crippen LogP contribution in [0.25, 0.3) is 11.4 Å². The van der Waals surface area contributed by atoms with Gasteiger partial charge in [0, 0.05) is 41.9 Å². The number of ketones is 1. The summed E-state index contributed by atoms with van der Waals surface area (Å²) in [4.78, 5) is 33.2. The molecule has 3 aromatic rings. The molecule has 0 amide bonds. The maximum atomic E-state index is 13.9. The van der Waals surface area contributed by atoms with Crippen molar-refractivity contribution in [3.8, 4) is 11.4 Å². The molecule has 6 rings (SSSR count). The summed E-state index contributed by atoms with van der Waals surface area (Å²) in [7, 11) is 1.66. The van der Waals surface area contributed by atoms with Crippen molar-refractivity contribution in [2.24, 2.45) is 12.5 Å². The lowest BCUT2D eigenvalue weighted by Gasteiger charge is -2.67. The molecule has 3 saturated carbocycles. The summed E-state index contributed by atoms with van der Waals surface area (Å²) in [5, 5.41) is 8.14. The van der Waals surface area contributed by atoms with Gasteiger partial charge in [-0.25, -0.2) is 4.98 Å². The topological polar surface area (TPSA) is 99.9 Å². The Morgan fingerprint density at radius 3 is 2.65 bits per heavy atom. The van der Waals surface area contributed by atoms with Crippen LogP contribution in [0.3, 0.4) is 0 Å². The number of esters is 1. The molecule has 0 unspecified atom stereocenters. The largest absolute Gasteiger partial charge is 0.457 e. The van der Waals surface area contributed by atoms with Gasteiger partial charge in [0.15, 0.2) is 5.78 Å². The number of carbonyl (C=O) groups excluding carboxylic acids is 2. The van der Waals surface area contributed by atoms with Gasteiger partial charge >= 0.3 is 5.97 Å². The molecule has 3 fully saturated rings. The van der Waals surface area contributed by atoms with Crippen molar-refractivity contribution in [2.45, 2.75) is 50.0 Å². The van der Waals surface area contributed by atoms with E-state index in [9.17, 15) is 14.0 Å². The fraction of sp³-hybridized carbons (Fsp3) is 0.417. The Kier molecular flexibility index (Phi) is 5.47. The minimum Gasteiger partial charge on any atom is -0.457 e. The van der Waals surface area contributed by atoms with Crippen molar-refractivity contribution in [3.05, 3.63) is 59.4 Å². The third kappa shape index (κ3) is 4.09. The number of hydrogen-bond donors (Lipinski definition) is 0. The van der Waals surface area contributed by atoms with Crippen LogP contribution in [-0.4, -0.2) is 41.6 Å². The lowest BCUT2D eigenvalue weighted by Crippen LogP contribution is -2.64. The van der Waals surface area contributed by atoms with Crippen LogP contribution < -0.4 is 0 Å². The normalized spacial score (nSPS) is 23.5. The minimum atomic E-state index is -0.802. The number of ether oxygens (including phenoxy) is 1. The standard InChI is InChI=1S/C24H23ClFN5O3/c1-14(16-4-3-7-27-22(16)26)34-20(33)8-18-21(29-30-31(18)2)17-6-5-15(10-28-17)19(32)9-23-11-24(25,12-23)13-23/h3-7,10,14H,8-9,11-13H2,1-2H3/t14-,23?,24?/m1/s1. The van der Waals surface area contributed by atoms with Gasteiger partial charge in [0.25, 0.3) is 0 Å². The quantitative estimate of drug-likeness (QED) is 0.207. The third-order valence-electron chi connectivity index (χ3n) is 6.73. The van der Waals surface area contributed by atoms with Crippen LogP contribution >= 0.6 is 11.6 Å². The Hall–Kier alpha value is -3.20. The summed E-state index contributed by atoms with van der Waals surface area (Å²) in [6.07, 6.45) is 5.14. The van der Waals surface area contributed by atoms with Gasteiger partial charge in [0.05, 0.1) is 17.8 Å². The Morgan fingerprint density at radius 1 is 1.24 bits per heavy atom. The van der Waals surface area contributed by atoms with Crippen LogP contribution in [0, 0.1) is 11.4 Å². The maximum absolute atomic E-state index is 13.9. The van der Waals surface area contributed by atoms with Crippen LogP contribution in [0.2, 0.25) is 0 Å². The first-order chi connectivity index (χ1) is 16.2. The molecule has 3 aliphatic rings. The van der Waals surface area contributed by atoms with E-state index in [1.54, 1.807) is 32.2 Å². The predicted octanol–water partition coefficient (Wildman–Crippen LogP) is 3.99. The average Bonchev–Trinajstić information content (AvgIpc) is 3.12. The minimum absolute atomic E-state index is 0.0528. The number of aromatic nitrogens is 5. The highest BCUT2D eigenvalue weighted by molar-refractivity contribution is 6.26. The molecular weight excluding hydrogens is 461 g/mol. The monoisotopic (exact) mass is 483 g/mol. The number of nitrogens with zero attached hydrogens (tertiary/aromatic N) is 5. The number of halogens is 2. The van der Waals surface area contributed by atoms with Crippen molar-refractivity contribution in [2.75, 3.05) is 0 Å². The van der Waals surface area contributed by atoms with E-state index in [0.29, 0.717) is 29.1 Å². The molecule has 3 heterocycles. The van der Waals surface area contributed by atoms with Gasteiger partial charge in [-0.1, -0.05) is 5.21 Å². The number of pyridine rings is 2. The summed E-state index contributed by atoms with van der Waals surface area (Å²) in [5.74, 6) is -1.19. The average molecular weight is 484 g/mol. The number of rotatable bonds is 8. The summed E-state index contributed by atoms with van der Waals surface area (Å²) in [6, 6.07) is 6.52. The zero-order chi connectivity index (χ0) is 24.1. The first-order valence-corrected chi connectivity index (χ1v) is 11.4. The number of alkyl halides is 1. The van der Waals surface area contributed by atoms with E-state index in [0.717, 1.165) is 19.3 Å². The summed E-state index contributed by atoms with van der Waals surface area (Å²) in [6.45, 7) is 1.58. The summed E-state index contributed by atoms with van der Waals surface area (Å²) >= 11 is 6.31. The second-order valence-corrected chi connectivity index (χ2v) is 10.2. The first kappa shape index (κ1) is 22.6. The number of carbonyl (C=O) groups is 2. The Labute approximate surface area is 200 Å². The second kappa shape index (κ2) is 8.23. The molecule has 10 heteroatoms.